The van der Waals surface area contributed by atoms with Crippen LogP contribution in [0.1, 0.15) is 26.7 Å². The first-order valence-electron chi connectivity index (χ1n) is 7.30. The molecule has 6 nitrogen and oxygen atoms in total. The molecule has 1 aromatic heterocycles. The maximum absolute atomic E-state index is 12.5. The van der Waals surface area contributed by atoms with Crippen molar-refractivity contribution in [1.82, 2.24) is 14.5 Å². The Balaban J connectivity index is 2.30. The molecule has 0 unspecified atom stereocenters. The highest BCUT2D eigenvalue weighted by molar-refractivity contribution is 7.89. The van der Waals surface area contributed by atoms with Gasteiger partial charge in [-0.15, -0.1) is 0 Å². The summed E-state index contributed by atoms with van der Waals surface area (Å²) in [4.78, 5) is 0.135. The number of nitrogens with two attached hydrogens (primary N) is 1. The first-order valence-corrected chi connectivity index (χ1v) is 8.79. The van der Waals surface area contributed by atoms with Crippen LogP contribution in [0, 0.1) is 0 Å². The topological polar surface area (TPSA) is 90.0 Å². The van der Waals surface area contributed by atoms with Gasteiger partial charge in [0.15, 0.2) is 0 Å². The van der Waals surface area contributed by atoms with E-state index < -0.39 is 15.6 Å². The van der Waals surface area contributed by atoms with Gasteiger partial charge in [-0.25, -0.2) is 17.8 Å². The third kappa shape index (κ3) is 3.37. The zero-order chi connectivity index (χ0) is 16.2. The highest BCUT2D eigenvalue weighted by Gasteiger charge is 2.31. The van der Waals surface area contributed by atoms with E-state index in [4.69, 9.17) is 5.73 Å². The maximum Gasteiger partial charge on any atom is 0.244 e. The summed E-state index contributed by atoms with van der Waals surface area (Å²) in [7, 11) is -3.65. The Morgan fingerprint density at radius 3 is 2.41 bits per heavy atom. The first-order chi connectivity index (χ1) is 10.5. The molecule has 120 valence electrons. The minimum Gasteiger partial charge on any atom is -0.329 e. The van der Waals surface area contributed by atoms with Crippen molar-refractivity contribution < 1.29 is 8.42 Å². The van der Waals surface area contributed by atoms with Gasteiger partial charge in [0.2, 0.25) is 10.0 Å². The monoisotopic (exact) mass is 322 g/mol. The van der Waals surface area contributed by atoms with Gasteiger partial charge in [0.05, 0.1) is 18.1 Å². The van der Waals surface area contributed by atoms with Gasteiger partial charge in [-0.1, -0.05) is 32.0 Å². The second-order valence-corrected chi connectivity index (χ2v) is 6.94. The van der Waals surface area contributed by atoms with Crippen LogP contribution in [-0.2, 0) is 10.0 Å². The van der Waals surface area contributed by atoms with Gasteiger partial charge >= 0.3 is 0 Å². The summed E-state index contributed by atoms with van der Waals surface area (Å²) < 4.78 is 29.4. The minimum atomic E-state index is -3.65. The van der Waals surface area contributed by atoms with Crippen LogP contribution in [0.2, 0.25) is 0 Å². The van der Waals surface area contributed by atoms with Gasteiger partial charge in [-0.2, -0.15) is 5.10 Å². The molecule has 0 saturated carbocycles. The molecule has 1 heterocycles. The zero-order valence-corrected chi connectivity index (χ0v) is 13.7. The van der Waals surface area contributed by atoms with Crippen molar-refractivity contribution in [2.45, 2.75) is 37.1 Å². The molecule has 0 amide bonds. The number of aromatic nitrogens is 2. The van der Waals surface area contributed by atoms with Crippen LogP contribution in [0.5, 0.6) is 0 Å². The van der Waals surface area contributed by atoms with Crippen LogP contribution >= 0.6 is 0 Å². The van der Waals surface area contributed by atoms with Crippen LogP contribution in [0.4, 0.5) is 0 Å². The van der Waals surface area contributed by atoms with Crippen LogP contribution in [0.25, 0.3) is 5.69 Å². The van der Waals surface area contributed by atoms with Crippen molar-refractivity contribution in [3.63, 3.8) is 0 Å². The summed E-state index contributed by atoms with van der Waals surface area (Å²) >= 11 is 0. The summed E-state index contributed by atoms with van der Waals surface area (Å²) in [5.41, 5.74) is 5.95. The molecule has 1 aromatic carbocycles. The fraction of sp³-hybridized carbons (Fsp3) is 0.400. The number of nitrogens with zero attached hydrogens (tertiary/aromatic N) is 2. The van der Waals surface area contributed by atoms with E-state index in [0.29, 0.717) is 12.8 Å². The average Bonchev–Trinajstić information content (AvgIpc) is 3.04. The smallest absolute Gasteiger partial charge is 0.244 e. The van der Waals surface area contributed by atoms with E-state index in [2.05, 4.69) is 9.82 Å². The molecule has 0 aliphatic rings. The summed E-state index contributed by atoms with van der Waals surface area (Å²) in [6.45, 7) is 4.10. The normalized spacial score (nSPS) is 12.5. The molecule has 0 aliphatic carbocycles. The number of benzene rings is 1. The molecule has 3 N–H and O–H groups in total. The molecule has 0 aliphatic heterocycles. The van der Waals surface area contributed by atoms with E-state index in [9.17, 15) is 8.42 Å². The Morgan fingerprint density at radius 1 is 1.23 bits per heavy atom. The highest BCUT2D eigenvalue weighted by Crippen LogP contribution is 2.19. The second kappa shape index (κ2) is 6.60. The maximum atomic E-state index is 12.5. The molecule has 2 aromatic rings. The first kappa shape index (κ1) is 16.7. The quantitative estimate of drug-likeness (QED) is 0.811. The predicted octanol–water partition coefficient (Wildman–Crippen LogP) is 1.67. The molecule has 0 atom stereocenters. The number of nitrogens with one attached hydrogen (secondary N) is 1. The van der Waals surface area contributed by atoms with Crippen molar-refractivity contribution in [3.05, 3.63) is 42.7 Å². The van der Waals surface area contributed by atoms with Crippen LogP contribution in [0.3, 0.4) is 0 Å². The van der Waals surface area contributed by atoms with E-state index in [1.54, 1.807) is 0 Å². The lowest BCUT2D eigenvalue weighted by molar-refractivity contribution is 0.363. The van der Waals surface area contributed by atoms with E-state index in [0.717, 1.165) is 5.69 Å². The highest BCUT2D eigenvalue weighted by atomic mass is 32.2. The van der Waals surface area contributed by atoms with Gasteiger partial charge in [0, 0.05) is 12.1 Å². The van der Waals surface area contributed by atoms with Crippen molar-refractivity contribution in [1.29, 1.82) is 0 Å². The Kier molecular flexibility index (Phi) is 5.00. The van der Waals surface area contributed by atoms with E-state index in [1.165, 1.54) is 17.1 Å². The molecule has 0 saturated heterocycles. The molecule has 0 spiro atoms. The number of rotatable bonds is 7. The fourth-order valence-electron chi connectivity index (χ4n) is 2.24. The minimum absolute atomic E-state index is 0.135. The molecular formula is C15H22N4O2S. The number of para-hydroxylation sites is 1. The third-order valence-corrected chi connectivity index (χ3v) is 5.52. The number of hydrogen-bond acceptors (Lipinski definition) is 4. The summed E-state index contributed by atoms with van der Waals surface area (Å²) in [5.74, 6) is 0. The SMILES string of the molecule is CCC(CC)(CN)NS(=O)(=O)c1cnn(-c2ccccc2)c1. The van der Waals surface area contributed by atoms with Gasteiger partial charge in [0.25, 0.3) is 0 Å². The van der Waals surface area contributed by atoms with Crippen molar-refractivity contribution >= 4 is 10.0 Å². The molecule has 0 bridgehead atoms. The lowest BCUT2D eigenvalue weighted by Gasteiger charge is -2.30. The average molecular weight is 322 g/mol. The van der Waals surface area contributed by atoms with Crippen molar-refractivity contribution in [2.24, 2.45) is 5.73 Å². The summed E-state index contributed by atoms with van der Waals surface area (Å²) in [6, 6.07) is 9.36. The molecule has 0 fully saturated rings. The molecule has 22 heavy (non-hydrogen) atoms. The van der Waals surface area contributed by atoms with E-state index in [-0.39, 0.29) is 11.4 Å². The third-order valence-electron chi connectivity index (χ3n) is 3.99. The molecular weight excluding hydrogens is 300 g/mol. The zero-order valence-electron chi connectivity index (χ0n) is 12.9. The summed E-state index contributed by atoms with van der Waals surface area (Å²) in [6.07, 6.45) is 4.12. The Hall–Kier alpha value is -1.70. The van der Waals surface area contributed by atoms with E-state index >= 15 is 0 Å². The van der Waals surface area contributed by atoms with E-state index in [1.807, 2.05) is 44.2 Å². The van der Waals surface area contributed by atoms with Crippen LogP contribution in [0.15, 0.2) is 47.6 Å². The van der Waals surface area contributed by atoms with Gasteiger partial charge < -0.3 is 5.73 Å². The molecule has 2 rings (SSSR count). The van der Waals surface area contributed by atoms with Crippen molar-refractivity contribution in [3.8, 4) is 5.69 Å². The van der Waals surface area contributed by atoms with Gasteiger partial charge in [-0.3, -0.25) is 0 Å². The number of hydrogen-bond donors (Lipinski definition) is 2. The molecule has 0 radical (unpaired) electrons. The lowest BCUT2D eigenvalue weighted by atomic mass is 9.95. The lowest BCUT2D eigenvalue weighted by Crippen LogP contribution is -2.52. The summed E-state index contributed by atoms with van der Waals surface area (Å²) in [5, 5.41) is 4.13. The Morgan fingerprint density at radius 2 is 1.86 bits per heavy atom. The standard InChI is InChI=1S/C15H22N4O2S/c1-3-15(4-2,12-16)18-22(20,21)14-10-17-19(11-14)13-8-6-5-7-9-13/h5-11,18H,3-4,12,16H2,1-2H3. The second-order valence-electron chi connectivity index (χ2n) is 5.25. The Labute approximate surface area is 131 Å². The largest absolute Gasteiger partial charge is 0.329 e. The predicted molar refractivity (Wildman–Crippen MR) is 86.3 cm³/mol. The van der Waals surface area contributed by atoms with Crippen molar-refractivity contribution in [2.75, 3.05) is 6.54 Å². The fourth-order valence-corrected chi connectivity index (χ4v) is 3.72. The Bertz CT molecular complexity index is 698. The van der Waals surface area contributed by atoms with Gasteiger partial charge in [0.1, 0.15) is 4.90 Å². The van der Waals surface area contributed by atoms with Gasteiger partial charge in [-0.05, 0) is 25.0 Å². The van der Waals surface area contributed by atoms with Crippen LogP contribution in [-0.4, -0.2) is 30.3 Å². The number of sulfonamides is 1. The molecule has 7 heteroatoms. The van der Waals surface area contributed by atoms with Crippen LogP contribution < -0.4 is 10.5 Å².